The molecule has 2 rings (SSSR count). The fraction of sp³-hybridized carbons (Fsp3) is 0.333. The zero-order valence-electron chi connectivity index (χ0n) is 15.1. The van der Waals surface area contributed by atoms with Crippen molar-refractivity contribution >= 4 is 6.03 Å². The van der Waals surface area contributed by atoms with E-state index in [4.69, 9.17) is 5.26 Å². The zero-order chi connectivity index (χ0) is 18.2. The Morgan fingerprint density at radius 1 is 1.16 bits per heavy atom. The van der Waals surface area contributed by atoms with E-state index in [2.05, 4.69) is 37.4 Å². The first kappa shape index (κ1) is 18.5. The Labute approximate surface area is 150 Å². The van der Waals surface area contributed by atoms with Crippen LogP contribution in [0.3, 0.4) is 0 Å². The predicted molar refractivity (Wildman–Crippen MR) is 100 cm³/mol. The Morgan fingerprint density at radius 2 is 1.88 bits per heavy atom. The first-order valence-electron chi connectivity index (χ1n) is 8.54. The average Bonchev–Trinajstić information content (AvgIpc) is 2.62. The van der Waals surface area contributed by atoms with E-state index in [1.54, 1.807) is 18.0 Å². The highest BCUT2D eigenvalue weighted by Gasteiger charge is 2.18. The van der Waals surface area contributed by atoms with Crippen LogP contribution in [0.25, 0.3) is 0 Å². The minimum atomic E-state index is -0.107. The van der Waals surface area contributed by atoms with Crippen molar-refractivity contribution in [2.75, 3.05) is 13.6 Å². The van der Waals surface area contributed by atoms with Gasteiger partial charge in [-0.05, 0) is 29.2 Å². The molecule has 2 amide bonds. The normalized spacial score (nSPS) is 11.6. The van der Waals surface area contributed by atoms with Crippen LogP contribution in [0.15, 0.2) is 54.6 Å². The monoisotopic (exact) mass is 335 g/mol. The molecule has 4 nitrogen and oxygen atoms in total. The van der Waals surface area contributed by atoms with Gasteiger partial charge in [-0.15, -0.1) is 0 Å². The number of hydrogen-bond acceptors (Lipinski definition) is 2. The summed E-state index contributed by atoms with van der Waals surface area (Å²) in [7, 11) is 1.77. The lowest BCUT2D eigenvalue weighted by molar-refractivity contribution is 0.205. The van der Waals surface area contributed by atoms with Gasteiger partial charge < -0.3 is 10.2 Å². The lowest BCUT2D eigenvalue weighted by Crippen LogP contribution is -2.39. The van der Waals surface area contributed by atoms with Crippen LogP contribution in [-0.4, -0.2) is 24.5 Å². The fourth-order valence-corrected chi connectivity index (χ4v) is 2.86. The van der Waals surface area contributed by atoms with Crippen molar-refractivity contribution in [1.29, 1.82) is 5.26 Å². The smallest absolute Gasteiger partial charge is 0.317 e. The summed E-state index contributed by atoms with van der Waals surface area (Å²) >= 11 is 0. The Kier molecular flexibility index (Phi) is 6.59. The van der Waals surface area contributed by atoms with Crippen molar-refractivity contribution in [1.82, 2.24) is 10.2 Å². The molecule has 0 saturated heterocycles. The molecular formula is C21H25N3O. The van der Waals surface area contributed by atoms with Gasteiger partial charge in [0.25, 0.3) is 0 Å². The molecule has 1 unspecified atom stereocenters. The number of nitrogens with zero attached hydrogens (tertiary/aromatic N) is 2. The third kappa shape index (κ3) is 5.36. The van der Waals surface area contributed by atoms with E-state index in [9.17, 15) is 4.79 Å². The Hall–Kier alpha value is -2.80. The van der Waals surface area contributed by atoms with Gasteiger partial charge in [-0.3, -0.25) is 0 Å². The fourth-order valence-electron chi connectivity index (χ4n) is 2.86. The van der Waals surface area contributed by atoms with E-state index in [-0.39, 0.29) is 11.9 Å². The topological polar surface area (TPSA) is 56.1 Å². The molecule has 0 spiro atoms. The molecule has 0 aliphatic carbocycles. The largest absolute Gasteiger partial charge is 0.337 e. The van der Waals surface area contributed by atoms with Gasteiger partial charge in [0.1, 0.15) is 0 Å². The third-order valence-electron chi connectivity index (χ3n) is 4.33. The molecule has 0 bridgehead atoms. The second-order valence-corrected chi connectivity index (χ2v) is 6.62. The van der Waals surface area contributed by atoms with Gasteiger partial charge in [0.05, 0.1) is 11.6 Å². The minimum absolute atomic E-state index is 0.107. The lowest BCUT2D eigenvalue weighted by Gasteiger charge is -2.24. The van der Waals surface area contributed by atoms with Crippen molar-refractivity contribution in [2.24, 2.45) is 5.92 Å². The maximum Gasteiger partial charge on any atom is 0.317 e. The van der Waals surface area contributed by atoms with E-state index in [1.807, 2.05) is 36.4 Å². The summed E-state index contributed by atoms with van der Waals surface area (Å²) in [5.74, 6) is 0.709. The van der Waals surface area contributed by atoms with E-state index in [0.717, 1.165) is 5.56 Å². The zero-order valence-corrected chi connectivity index (χ0v) is 15.1. The van der Waals surface area contributed by atoms with E-state index >= 15 is 0 Å². The molecule has 25 heavy (non-hydrogen) atoms. The molecule has 2 aromatic carbocycles. The molecule has 0 aliphatic rings. The summed E-state index contributed by atoms with van der Waals surface area (Å²) in [6.45, 7) is 5.41. The molecule has 130 valence electrons. The second kappa shape index (κ2) is 8.89. The Morgan fingerprint density at radius 3 is 2.52 bits per heavy atom. The van der Waals surface area contributed by atoms with Gasteiger partial charge >= 0.3 is 6.03 Å². The van der Waals surface area contributed by atoms with Gasteiger partial charge in [0.2, 0.25) is 0 Å². The number of urea groups is 1. The van der Waals surface area contributed by atoms with Gasteiger partial charge in [-0.1, -0.05) is 56.3 Å². The van der Waals surface area contributed by atoms with Crippen LogP contribution in [0.4, 0.5) is 4.79 Å². The number of hydrogen-bond donors (Lipinski definition) is 1. The van der Waals surface area contributed by atoms with Crippen LogP contribution >= 0.6 is 0 Å². The SMILES string of the molecule is CC(C)C(CNC(=O)N(C)Cc1cccc(C#N)c1)c1ccccc1. The van der Waals surface area contributed by atoms with Crippen LogP contribution in [0.2, 0.25) is 0 Å². The molecule has 0 aliphatic heterocycles. The number of benzene rings is 2. The van der Waals surface area contributed by atoms with Crippen LogP contribution in [0, 0.1) is 17.2 Å². The molecule has 0 radical (unpaired) electrons. The van der Waals surface area contributed by atoms with Crippen LogP contribution in [0.1, 0.15) is 36.5 Å². The number of nitrogens with one attached hydrogen (secondary N) is 1. The highest BCUT2D eigenvalue weighted by molar-refractivity contribution is 5.73. The number of amides is 2. The van der Waals surface area contributed by atoms with Crippen molar-refractivity contribution < 1.29 is 4.79 Å². The summed E-state index contributed by atoms with van der Waals surface area (Å²) in [5.41, 5.74) is 2.79. The maximum absolute atomic E-state index is 12.4. The highest BCUT2D eigenvalue weighted by Crippen LogP contribution is 2.23. The van der Waals surface area contributed by atoms with Gasteiger partial charge in [0, 0.05) is 26.1 Å². The maximum atomic E-state index is 12.4. The van der Waals surface area contributed by atoms with Crippen molar-refractivity contribution in [3.63, 3.8) is 0 Å². The number of carbonyl (C=O) groups is 1. The summed E-state index contributed by atoms with van der Waals surface area (Å²) in [5, 5.41) is 12.0. The first-order valence-corrected chi connectivity index (χ1v) is 8.54. The van der Waals surface area contributed by atoms with Crippen molar-refractivity contribution in [3.8, 4) is 6.07 Å². The molecule has 0 saturated carbocycles. The molecule has 0 heterocycles. The van der Waals surface area contributed by atoms with Crippen LogP contribution in [-0.2, 0) is 6.54 Å². The molecular weight excluding hydrogens is 310 g/mol. The highest BCUT2D eigenvalue weighted by atomic mass is 16.2. The van der Waals surface area contributed by atoms with Crippen LogP contribution in [0.5, 0.6) is 0 Å². The van der Waals surface area contributed by atoms with Gasteiger partial charge in [-0.2, -0.15) is 5.26 Å². The molecule has 2 aromatic rings. The molecule has 0 aromatic heterocycles. The summed E-state index contributed by atoms with van der Waals surface area (Å²) < 4.78 is 0. The molecule has 1 N–H and O–H groups in total. The second-order valence-electron chi connectivity index (χ2n) is 6.62. The van der Waals surface area contributed by atoms with Crippen molar-refractivity contribution in [2.45, 2.75) is 26.3 Å². The summed E-state index contributed by atoms with van der Waals surface area (Å²) in [6.07, 6.45) is 0. The standard InChI is InChI=1S/C21H25N3O/c1-16(2)20(19-10-5-4-6-11-19)14-23-21(25)24(3)15-18-9-7-8-17(12-18)13-22/h4-12,16,20H,14-15H2,1-3H3,(H,23,25). The number of rotatable bonds is 6. The van der Waals surface area contributed by atoms with Crippen LogP contribution < -0.4 is 5.32 Å². The van der Waals surface area contributed by atoms with Crippen molar-refractivity contribution in [3.05, 3.63) is 71.3 Å². The minimum Gasteiger partial charge on any atom is -0.337 e. The Bertz CT molecular complexity index is 734. The number of carbonyl (C=O) groups excluding carboxylic acids is 1. The Balaban J connectivity index is 1.95. The van der Waals surface area contributed by atoms with Gasteiger partial charge in [0.15, 0.2) is 0 Å². The van der Waals surface area contributed by atoms with E-state index in [0.29, 0.717) is 24.6 Å². The lowest BCUT2D eigenvalue weighted by atomic mass is 9.88. The summed E-state index contributed by atoms with van der Waals surface area (Å²) in [6, 6.07) is 19.6. The number of nitriles is 1. The quantitative estimate of drug-likeness (QED) is 0.862. The van der Waals surface area contributed by atoms with E-state index in [1.165, 1.54) is 5.56 Å². The van der Waals surface area contributed by atoms with E-state index < -0.39 is 0 Å². The predicted octanol–water partition coefficient (Wildman–Crippen LogP) is 4.14. The van der Waals surface area contributed by atoms with Gasteiger partial charge in [-0.25, -0.2) is 4.79 Å². The molecule has 0 fully saturated rings. The third-order valence-corrected chi connectivity index (χ3v) is 4.33. The molecule has 1 atom stereocenters. The molecule has 4 heteroatoms. The average molecular weight is 335 g/mol. The first-order chi connectivity index (χ1) is 12.0. The summed E-state index contributed by atoms with van der Waals surface area (Å²) in [4.78, 5) is 14.0.